The Morgan fingerprint density at radius 3 is 2.78 bits per heavy atom. The Kier molecular flexibility index (Phi) is 3.47. The first-order valence-electron chi connectivity index (χ1n) is 5.73. The van der Waals surface area contributed by atoms with Crippen LogP contribution in [0.1, 0.15) is 31.7 Å². The van der Waals surface area contributed by atoms with Gasteiger partial charge in [-0.1, -0.05) is 18.5 Å². The van der Waals surface area contributed by atoms with Gasteiger partial charge in [0.05, 0.1) is 6.04 Å². The van der Waals surface area contributed by atoms with Gasteiger partial charge in [0.25, 0.3) is 0 Å². The molecule has 0 aliphatic rings. The highest BCUT2D eigenvalue weighted by Crippen LogP contribution is 2.29. The summed E-state index contributed by atoms with van der Waals surface area (Å²) >= 11 is 0. The second-order valence-electron chi connectivity index (χ2n) is 4.05. The summed E-state index contributed by atoms with van der Waals surface area (Å²) in [4.78, 5) is 4.17. The molecular weight excluding hydrogens is 234 g/mol. The van der Waals surface area contributed by atoms with Crippen LogP contribution in [0.4, 0.5) is 0 Å². The summed E-state index contributed by atoms with van der Waals surface area (Å²) in [7, 11) is 0. The van der Waals surface area contributed by atoms with Crippen LogP contribution in [-0.4, -0.2) is 20.4 Å². The lowest BCUT2D eigenvalue weighted by atomic mass is 10.2. The summed E-state index contributed by atoms with van der Waals surface area (Å²) in [6.45, 7) is 2.02. The zero-order valence-corrected chi connectivity index (χ0v) is 10.00. The van der Waals surface area contributed by atoms with Gasteiger partial charge in [0.15, 0.2) is 11.5 Å². The van der Waals surface area contributed by atoms with E-state index in [9.17, 15) is 10.2 Å². The van der Waals surface area contributed by atoms with Crippen LogP contribution in [0, 0.1) is 0 Å². The van der Waals surface area contributed by atoms with Gasteiger partial charge in [-0.2, -0.15) is 4.98 Å². The number of phenols is 2. The Morgan fingerprint density at radius 1 is 1.33 bits per heavy atom. The number of phenolic OH excluding ortho intramolecular Hbond substituents is 2. The van der Waals surface area contributed by atoms with Crippen LogP contribution in [0.25, 0.3) is 11.4 Å². The molecule has 6 heteroatoms. The second kappa shape index (κ2) is 5.05. The van der Waals surface area contributed by atoms with E-state index in [0.717, 1.165) is 12.8 Å². The van der Waals surface area contributed by atoms with Crippen LogP contribution in [0.5, 0.6) is 11.5 Å². The largest absolute Gasteiger partial charge is 0.504 e. The number of nitrogens with two attached hydrogens (primary N) is 1. The van der Waals surface area contributed by atoms with Gasteiger partial charge in [0, 0.05) is 5.56 Å². The molecule has 0 bridgehead atoms. The maximum Gasteiger partial charge on any atom is 0.243 e. The lowest BCUT2D eigenvalue weighted by molar-refractivity contribution is 0.348. The van der Waals surface area contributed by atoms with Crippen LogP contribution >= 0.6 is 0 Å². The van der Waals surface area contributed by atoms with Gasteiger partial charge in [0.2, 0.25) is 11.7 Å². The van der Waals surface area contributed by atoms with Gasteiger partial charge in [-0.15, -0.1) is 0 Å². The smallest absolute Gasteiger partial charge is 0.243 e. The highest BCUT2D eigenvalue weighted by Gasteiger charge is 2.15. The van der Waals surface area contributed by atoms with Crippen molar-refractivity contribution >= 4 is 0 Å². The Hall–Kier alpha value is -2.08. The molecule has 0 fully saturated rings. The second-order valence-corrected chi connectivity index (χ2v) is 4.05. The molecule has 96 valence electrons. The first-order chi connectivity index (χ1) is 8.61. The zero-order valence-electron chi connectivity index (χ0n) is 10.00. The van der Waals surface area contributed by atoms with Crippen molar-refractivity contribution < 1.29 is 14.7 Å². The van der Waals surface area contributed by atoms with Crippen molar-refractivity contribution in [1.29, 1.82) is 0 Å². The Labute approximate surface area is 104 Å². The molecular formula is C12H15N3O3. The normalized spacial score (nSPS) is 12.6. The lowest BCUT2D eigenvalue weighted by Crippen LogP contribution is -2.09. The Bertz CT molecular complexity index is 539. The van der Waals surface area contributed by atoms with Gasteiger partial charge < -0.3 is 20.5 Å². The first-order valence-corrected chi connectivity index (χ1v) is 5.73. The maximum absolute atomic E-state index is 9.40. The van der Waals surface area contributed by atoms with Crippen LogP contribution < -0.4 is 5.73 Å². The van der Waals surface area contributed by atoms with E-state index in [1.54, 1.807) is 6.07 Å². The average Bonchev–Trinajstić information content (AvgIpc) is 2.82. The molecule has 1 atom stereocenters. The lowest BCUT2D eigenvalue weighted by Gasteiger charge is -2.02. The van der Waals surface area contributed by atoms with E-state index in [2.05, 4.69) is 10.1 Å². The zero-order chi connectivity index (χ0) is 13.1. The summed E-state index contributed by atoms with van der Waals surface area (Å²) in [5, 5.41) is 22.4. The van der Waals surface area contributed by atoms with Gasteiger partial charge in [-0.3, -0.25) is 0 Å². The average molecular weight is 249 g/mol. The van der Waals surface area contributed by atoms with E-state index < -0.39 is 0 Å². The molecule has 1 aromatic carbocycles. The number of aromatic hydroxyl groups is 2. The molecule has 0 unspecified atom stereocenters. The van der Waals surface area contributed by atoms with Crippen LogP contribution in [0.15, 0.2) is 22.7 Å². The number of hydrogen-bond acceptors (Lipinski definition) is 6. The molecule has 18 heavy (non-hydrogen) atoms. The van der Waals surface area contributed by atoms with Crippen molar-refractivity contribution in [2.24, 2.45) is 5.73 Å². The van der Waals surface area contributed by atoms with Crippen LogP contribution in [0.2, 0.25) is 0 Å². The van der Waals surface area contributed by atoms with Gasteiger partial charge in [-0.05, 0) is 24.6 Å². The summed E-state index contributed by atoms with van der Waals surface area (Å²) in [6.07, 6.45) is 1.70. The molecule has 2 rings (SSSR count). The predicted molar refractivity (Wildman–Crippen MR) is 64.9 cm³/mol. The molecule has 0 aliphatic carbocycles. The van der Waals surface area contributed by atoms with Crippen molar-refractivity contribution in [3.63, 3.8) is 0 Å². The third-order valence-corrected chi connectivity index (χ3v) is 2.59. The topological polar surface area (TPSA) is 105 Å². The van der Waals surface area contributed by atoms with Gasteiger partial charge >= 0.3 is 0 Å². The minimum atomic E-state index is -0.276. The molecule has 0 aliphatic heterocycles. The third kappa shape index (κ3) is 2.43. The monoisotopic (exact) mass is 249 g/mol. The van der Waals surface area contributed by atoms with Crippen molar-refractivity contribution in [3.05, 3.63) is 24.1 Å². The van der Waals surface area contributed by atoms with Crippen molar-refractivity contribution in [1.82, 2.24) is 10.1 Å². The molecule has 0 saturated carbocycles. The van der Waals surface area contributed by atoms with E-state index in [0.29, 0.717) is 17.3 Å². The molecule has 6 nitrogen and oxygen atoms in total. The molecule has 4 N–H and O–H groups in total. The molecule has 2 aromatic rings. The fourth-order valence-electron chi connectivity index (χ4n) is 1.60. The molecule has 1 heterocycles. The summed E-state index contributed by atoms with van der Waals surface area (Å²) in [6, 6.07) is 4.05. The van der Waals surface area contributed by atoms with Crippen molar-refractivity contribution in [3.8, 4) is 22.9 Å². The summed E-state index contributed by atoms with van der Waals surface area (Å²) in [5.41, 5.74) is 6.42. The number of aromatic nitrogens is 2. The number of nitrogens with zero attached hydrogens (tertiary/aromatic N) is 2. The fourth-order valence-corrected chi connectivity index (χ4v) is 1.60. The molecule has 0 spiro atoms. The highest BCUT2D eigenvalue weighted by molar-refractivity contribution is 5.59. The van der Waals surface area contributed by atoms with Crippen LogP contribution in [0.3, 0.4) is 0 Å². The number of rotatable bonds is 4. The van der Waals surface area contributed by atoms with E-state index >= 15 is 0 Å². The van der Waals surface area contributed by atoms with Gasteiger partial charge in [0.1, 0.15) is 0 Å². The van der Waals surface area contributed by atoms with E-state index in [-0.39, 0.29) is 17.5 Å². The fraction of sp³-hybridized carbons (Fsp3) is 0.333. The van der Waals surface area contributed by atoms with E-state index in [1.807, 2.05) is 6.92 Å². The highest BCUT2D eigenvalue weighted by atomic mass is 16.5. The Balaban J connectivity index is 2.26. The SMILES string of the molecule is CCC[C@@H](N)c1nc(-c2ccc(O)c(O)c2)no1. The van der Waals surface area contributed by atoms with E-state index in [1.165, 1.54) is 12.1 Å². The molecule has 1 aromatic heterocycles. The third-order valence-electron chi connectivity index (χ3n) is 2.59. The molecule has 0 radical (unpaired) electrons. The summed E-state index contributed by atoms with van der Waals surface area (Å²) < 4.78 is 5.07. The predicted octanol–water partition coefficient (Wildman–Crippen LogP) is 1.95. The van der Waals surface area contributed by atoms with Crippen molar-refractivity contribution in [2.45, 2.75) is 25.8 Å². The van der Waals surface area contributed by atoms with Crippen LogP contribution in [-0.2, 0) is 0 Å². The minimum Gasteiger partial charge on any atom is -0.504 e. The summed E-state index contributed by atoms with van der Waals surface area (Å²) in [5.74, 6) is 0.299. The van der Waals surface area contributed by atoms with Crippen molar-refractivity contribution in [2.75, 3.05) is 0 Å². The number of benzene rings is 1. The molecule has 0 amide bonds. The standard InChI is InChI=1S/C12H15N3O3/c1-2-3-8(13)12-14-11(15-18-12)7-4-5-9(16)10(17)6-7/h4-6,8,16-17H,2-3,13H2,1H3/t8-/m1/s1. The minimum absolute atomic E-state index is 0.190. The molecule has 0 saturated heterocycles. The first kappa shape index (κ1) is 12.4. The van der Waals surface area contributed by atoms with Gasteiger partial charge in [-0.25, -0.2) is 0 Å². The number of hydrogen-bond donors (Lipinski definition) is 3. The van der Waals surface area contributed by atoms with E-state index in [4.69, 9.17) is 10.3 Å². The maximum atomic E-state index is 9.40. The Morgan fingerprint density at radius 2 is 2.11 bits per heavy atom. The quantitative estimate of drug-likeness (QED) is 0.715.